The van der Waals surface area contributed by atoms with Crippen molar-refractivity contribution in [3.8, 4) is 0 Å². The fourth-order valence-corrected chi connectivity index (χ4v) is 3.61. The summed E-state index contributed by atoms with van der Waals surface area (Å²) < 4.78 is 0. The molecule has 0 aliphatic carbocycles. The van der Waals surface area contributed by atoms with E-state index < -0.39 is 0 Å². The van der Waals surface area contributed by atoms with E-state index in [2.05, 4.69) is 60.7 Å². The van der Waals surface area contributed by atoms with Gasteiger partial charge in [0.25, 0.3) is 0 Å². The van der Waals surface area contributed by atoms with Gasteiger partial charge in [-0.3, -0.25) is 4.79 Å². The van der Waals surface area contributed by atoms with Gasteiger partial charge in [0.1, 0.15) is 0 Å². The lowest BCUT2D eigenvalue weighted by atomic mass is 10.0. The molecule has 0 aliphatic heterocycles. The molecule has 0 saturated heterocycles. The fourth-order valence-electron chi connectivity index (χ4n) is 2.56. The Bertz CT molecular complexity index is 857. The molecule has 4 aromatic carbocycles. The summed E-state index contributed by atoms with van der Waals surface area (Å²) in [7, 11) is 0.777. The van der Waals surface area contributed by atoms with Crippen LogP contribution < -0.4 is 10.6 Å². The molecule has 0 amide bonds. The minimum absolute atomic E-state index is 0.0752. The van der Waals surface area contributed by atoms with Gasteiger partial charge >= 0.3 is 0 Å². The molecule has 4 rings (SSSR count). The van der Waals surface area contributed by atoms with E-state index in [-0.39, 0.29) is 5.78 Å². The highest BCUT2D eigenvalue weighted by atomic mass is 31.1. The maximum Gasteiger partial charge on any atom is 0.193 e. The number of carbonyl (C=O) groups excluding carboxylic acids is 1. The fraction of sp³-hybridized carbons (Fsp3) is 0. The highest BCUT2D eigenvalue weighted by Gasteiger charge is 2.06. The van der Waals surface area contributed by atoms with Crippen molar-refractivity contribution in [1.29, 1.82) is 0 Å². The van der Waals surface area contributed by atoms with Gasteiger partial charge < -0.3 is 0 Å². The number of hydrogen-bond acceptors (Lipinski definition) is 1. The molecule has 0 radical (unpaired) electrons. The zero-order valence-electron chi connectivity index (χ0n) is 15.0. The zero-order valence-corrected chi connectivity index (χ0v) is 16.0. The van der Waals surface area contributed by atoms with Crippen molar-refractivity contribution in [2.24, 2.45) is 0 Å². The van der Waals surface area contributed by atoms with E-state index in [4.69, 9.17) is 0 Å². The smallest absolute Gasteiger partial charge is 0.193 e. The van der Waals surface area contributed by atoms with Crippen LogP contribution in [-0.2, 0) is 0 Å². The number of hydrogen-bond donors (Lipinski definition) is 0. The first-order valence-corrected chi connectivity index (χ1v) is 9.85. The van der Waals surface area contributed by atoms with Gasteiger partial charge in [-0.25, -0.2) is 0 Å². The Kier molecular flexibility index (Phi) is 7.09. The maximum atomic E-state index is 11.8. The maximum absolute atomic E-state index is 11.8. The van der Waals surface area contributed by atoms with Crippen molar-refractivity contribution in [1.82, 2.24) is 0 Å². The largest absolute Gasteiger partial charge is 0.289 e. The van der Waals surface area contributed by atoms with Gasteiger partial charge in [-0.2, -0.15) is 0 Å². The first-order chi connectivity index (χ1) is 13.3. The Morgan fingerprint density at radius 2 is 0.741 bits per heavy atom. The topological polar surface area (TPSA) is 17.1 Å². The van der Waals surface area contributed by atoms with Crippen molar-refractivity contribution in [2.75, 3.05) is 0 Å². The van der Waals surface area contributed by atoms with Gasteiger partial charge in [0, 0.05) is 11.1 Å². The second-order valence-electron chi connectivity index (χ2n) is 5.92. The molecule has 0 heterocycles. The Labute approximate surface area is 162 Å². The summed E-state index contributed by atoms with van der Waals surface area (Å²) in [6, 6.07) is 39.8. The summed E-state index contributed by atoms with van der Waals surface area (Å²) in [5, 5.41) is 2.79. The van der Waals surface area contributed by atoms with E-state index in [1.165, 1.54) is 10.6 Å². The molecule has 0 aliphatic rings. The van der Waals surface area contributed by atoms with E-state index in [0.717, 1.165) is 19.7 Å². The van der Waals surface area contributed by atoms with Crippen LogP contribution in [0.2, 0.25) is 0 Å². The summed E-state index contributed by atoms with van der Waals surface area (Å²) in [5.74, 6) is 0.0752. The average Bonchev–Trinajstić information content (AvgIpc) is 2.76. The second kappa shape index (κ2) is 10.2. The number of rotatable bonds is 4. The number of carbonyl (C=O) groups is 1. The molecule has 2 heteroatoms. The zero-order chi connectivity index (χ0) is 18.7. The predicted molar refractivity (Wildman–Crippen MR) is 117 cm³/mol. The molecule has 0 saturated carbocycles. The standard InChI is InChI=1S/C13H10O.C12H11P/c14-13(11-7-3-1-4-8-11)12-9-5-2-6-10-12;1-3-7-11(8-4-1)13-12-9-5-2-6-10-12/h1-10H;1-10,13H. The number of benzene rings is 4. The van der Waals surface area contributed by atoms with Crippen molar-refractivity contribution < 1.29 is 4.79 Å². The normalized spacial score (nSPS) is 9.78. The summed E-state index contributed by atoms with van der Waals surface area (Å²) in [6.07, 6.45) is 0. The van der Waals surface area contributed by atoms with Crippen LogP contribution in [0.1, 0.15) is 15.9 Å². The first-order valence-electron chi connectivity index (χ1n) is 8.85. The van der Waals surface area contributed by atoms with Gasteiger partial charge in [0.15, 0.2) is 5.78 Å². The van der Waals surface area contributed by atoms with E-state index in [1.54, 1.807) is 0 Å². The average molecular weight is 368 g/mol. The molecule has 4 aromatic rings. The van der Waals surface area contributed by atoms with Gasteiger partial charge in [-0.15, -0.1) is 0 Å². The lowest BCUT2D eigenvalue weighted by Crippen LogP contribution is -2.01. The Hall–Kier alpha value is -3.02. The Morgan fingerprint density at radius 1 is 0.444 bits per heavy atom. The number of ketones is 1. The predicted octanol–water partition coefficient (Wildman–Crippen LogP) is 5.23. The van der Waals surface area contributed by atoms with Crippen LogP contribution in [0.25, 0.3) is 0 Å². The molecular weight excluding hydrogens is 347 g/mol. The molecule has 0 aromatic heterocycles. The van der Waals surface area contributed by atoms with Crippen LogP contribution in [0.5, 0.6) is 0 Å². The first kappa shape index (κ1) is 18.8. The Balaban J connectivity index is 0.000000156. The van der Waals surface area contributed by atoms with Gasteiger partial charge in [0.2, 0.25) is 0 Å². The van der Waals surface area contributed by atoms with Gasteiger partial charge in [0.05, 0.1) is 0 Å². The molecule has 132 valence electrons. The van der Waals surface area contributed by atoms with Crippen LogP contribution in [0.3, 0.4) is 0 Å². The van der Waals surface area contributed by atoms with E-state index in [1.807, 2.05) is 60.7 Å². The minimum atomic E-state index is 0.0752. The molecule has 0 atom stereocenters. The molecular formula is C25H21OP. The van der Waals surface area contributed by atoms with Crippen molar-refractivity contribution in [2.45, 2.75) is 0 Å². The molecule has 0 spiro atoms. The van der Waals surface area contributed by atoms with E-state index in [9.17, 15) is 4.79 Å². The molecule has 1 nitrogen and oxygen atoms in total. The SMILES string of the molecule is O=C(c1ccccc1)c1ccccc1.c1ccc(Pc2ccccc2)cc1. The monoisotopic (exact) mass is 368 g/mol. The lowest BCUT2D eigenvalue weighted by Gasteiger charge is -2.00. The summed E-state index contributed by atoms with van der Waals surface area (Å²) in [6.45, 7) is 0. The van der Waals surface area contributed by atoms with Crippen LogP contribution in [0.4, 0.5) is 0 Å². The van der Waals surface area contributed by atoms with Crippen molar-refractivity contribution >= 4 is 25.0 Å². The molecule has 0 bridgehead atoms. The van der Waals surface area contributed by atoms with Crippen LogP contribution >= 0.6 is 8.58 Å². The van der Waals surface area contributed by atoms with E-state index in [0.29, 0.717) is 0 Å². The quantitative estimate of drug-likeness (QED) is 0.356. The highest BCUT2D eigenvalue weighted by Crippen LogP contribution is 2.09. The lowest BCUT2D eigenvalue weighted by molar-refractivity contribution is 0.103. The molecule has 0 N–H and O–H groups in total. The second-order valence-corrected chi connectivity index (χ2v) is 7.32. The van der Waals surface area contributed by atoms with Crippen LogP contribution in [0.15, 0.2) is 121 Å². The van der Waals surface area contributed by atoms with Gasteiger partial charge in [-0.05, 0) is 10.6 Å². The molecule has 0 fully saturated rings. The Morgan fingerprint density at radius 3 is 1.07 bits per heavy atom. The third-order valence-electron chi connectivity index (χ3n) is 3.91. The van der Waals surface area contributed by atoms with Crippen LogP contribution in [0, 0.1) is 0 Å². The van der Waals surface area contributed by atoms with Crippen molar-refractivity contribution in [3.63, 3.8) is 0 Å². The van der Waals surface area contributed by atoms with Crippen molar-refractivity contribution in [3.05, 3.63) is 132 Å². The third kappa shape index (κ3) is 6.02. The van der Waals surface area contributed by atoms with Crippen LogP contribution in [-0.4, -0.2) is 5.78 Å². The third-order valence-corrected chi connectivity index (χ3v) is 5.15. The summed E-state index contributed by atoms with van der Waals surface area (Å²) in [4.78, 5) is 11.8. The van der Waals surface area contributed by atoms with Gasteiger partial charge in [-0.1, -0.05) is 130 Å². The highest BCUT2D eigenvalue weighted by molar-refractivity contribution is 7.55. The van der Waals surface area contributed by atoms with E-state index >= 15 is 0 Å². The molecule has 0 unspecified atom stereocenters. The summed E-state index contributed by atoms with van der Waals surface area (Å²) in [5.41, 5.74) is 1.47. The molecule has 27 heavy (non-hydrogen) atoms. The minimum Gasteiger partial charge on any atom is -0.289 e. The summed E-state index contributed by atoms with van der Waals surface area (Å²) >= 11 is 0.